The number of imidazole rings is 1. The molecule has 0 spiro atoms. The number of nitrogens with one attached hydrogen (secondary N) is 1. The van der Waals surface area contributed by atoms with Crippen molar-refractivity contribution in [3.63, 3.8) is 0 Å². The zero-order chi connectivity index (χ0) is 21.1. The molecule has 3 heterocycles. The highest BCUT2D eigenvalue weighted by Gasteiger charge is 2.25. The van der Waals surface area contributed by atoms with Gasteiger partial charge in [-0.1, -0.05) is 13.3 Å². The van der Waals surface area contributed by atoms with Crippen molar-refractivity contribution in [3.8, 4) is 0 Å². The molecule has 0 amide bonds. The van der Waals surface area contributed by atoms with Gasteiger partial charge in [0.05, 0.1) is 6.54 Å². The zero-order valence-electron chi connectivity index (χ0n) is 18.6. The molecule has 0 atom stereocenters. The van der Waals surface area contributed by atoms with E-state index in [-0.39, 0.29) is 11.2 Å². The molecule has 2 aromatic heterocycles. The summed E-state index contributed by atoms with van der Waals surface area (Å²) in [7, 11) is 2.14. The number of aromatic amines is 1. The topological polar surface area (TPSA) is 79.2 Å². The second kappa shape index (κ2) is 9.26. The number of nitrogens with zero attached hydrogens (tertiary/aromatic N) is 5. The van der Waals surface area contributed by atoms with Crippen molar-refractivity contribution in [1.82, 2.24) is 28.9 Å². The highest BCUT2D eigenvalue weighted by molar-refractivity contribution is 5.71. The van der Waals surface area contributed by atoms with Gasteiger partial charge in [0.15, 0.2) is 11.2 Å². The van der Waals surface area contributed by atoms with E-state index in [4.69, 9.17) is 4.98 Å². The lowest BCUT2D eigenvalue weighted by molar-refractivity contribution is 0.102. The first-order chi connectivity index (χ1) is 13.9. The van der Waals surface area contributed by atoms with Crippen LogP contribution in [0.3, 0.4) is 0 Å². The average Bonchev–Trinajstić information content (AvgIpc) is 3.06. The van der Waals surface area contributed by atoms with Gasteiger partial charge in [-0.05, 0) is 60.2 Å². The largest absolute Gasteiger partial charge is 0.330 e. The minimum atomic E-state index is -0.363. The Kier molecular flexibility index (Phi) is 6.95. The van der Waals surface area contributed by atoms with Crippen LogP contribution in [0.1, 0.15) is 59.2 Å². The lowest BCUT2D eigenvalue weighted by atomic mass is 10.0. The number of aryl methyl sites for hydroxylation is 2. The number of piperidine rings is 1. The van der Waals surface area contributed by atoms with E-state index in [9.17, 15) is 9.59 Å². The maximum Gasteiger partial charge on any atom is 0.330 e. The first kappa shape index (κ1) is 21.8. The van der Waals surface area contributed by atoms with E-state index in [1.807, 2.05) is 11.5 Å². The van der Waals surface area contributed by atoms with Gasteiger partial charge in [0.2, 0.25) is 0 Å². The van der Waals surface area contributed by atoms with Crippen molar-refractivity contribution in [1.29, 1.82) is 0 Å². The molecule has 1 fully saturated rings. The lowest BCUT2D eigenvalue weighted by Gasteiger charge is -2.38. The third-order valence-electron chi connectivity index (χ3n) is 6.26. The van der Waals surface area contributed by atoms with E-state index in [0.717, 1.165) is 44.6 Å². The molecule has 0 saturated carbocycles. The molecule has 0 aliphatic carbocycles. The first-order valence-electron chi connectivity index (χ1n) is 11.0. The summed E-state index contributed by atoms with van der Waals surface area (Å²) in [6.07, 6.45) is 4.14. The first-order valence-corrected chi connectivity index (χ1v) is 11.0. The van der Waals surface area contributed by atoms with Crippen LogP contribution in [0.25, 0.3) is 11.2 Å². The van der Waals surface area contributed by atoms with Gasteiger partial charge in [-0.3, -0.25) is 19.2 Å². The van der Waals surface area contributed by atoms with Gasteiger partial charge in [-0.25, -0.2) is 9.78 Å². The molecule has 1 N–H and O–H groups in total. The highest BCUT2D eigenvalue weighted by atomic mass is 16.2. The van der Waals surface area contributed by atoms with Crippen molar-refractivity contribution >= 4 is 11.2 Å². The van der Waals surface area contributed by atoms with Crippen LogP contribution in [0.2, 0.25) is 0 Å². The Morgan fingerprint density at radius 1 is 1.17 bits per heavy atom. The maximum absolute atomic E-state index is 12.6. The fourth-order valence-electron chi connectivity index (χ4n) is 4.40. The third kappa shape index (κ3) is 4.48. The molecule has 0 radical (unpaired) electrons. The SMILES string of the molecule is CCCCn1c(=O)[nH]c(=O)c2c1nc(CN(C)C1CCN(C(C)C)CC1)n2CC. The Hall–Kier alpha value is -1.93. The summed E-state index contributed by atoms with van der Waals surface area (Å²) >= 11 is 0. The summed E-state index contributed by atoms with van der Waals surface area (Å²) < 4.78 is 3.59. The average molecular weight is 405 g/mol. The Morgan fingerprint density at radius 2 is 1.86 bits per heavy atom. The molecule has 3 rings (SSSR count). The van der Waals surface area contributed by atoms with Crippen LogP contribution in [-0.2, 0) is 19.6 Å². The molecule has 1 aliphatic rings. The van der Waals surface area contributed by atoms with Crippen LogP contribution < -0.4 is 11.2 Å². The monoisotopic (exact) mass is 404 g/mol. The van der Waals surface area contributed by atoms with Crippen LogP contribution in [0, 0.1) is 0 Å². The van der Waals surface area contributed by atoms with Crippen molar-refractivity contribution in [2.45, 2.75) is 85.1 Å². The Balaban J connectivity index is 1.88. The summed E-state index contributed by atoms with van der Waals surface area (Å²) in [5.74, 6) is 0.859. The van der Waals surface area contributed by atoms with Crippen molar-refractivity contribution < 1.29 is 0 Å². The van der Waals surface area contributed by atoms with Crippen LogP contribution in [-0.4, -0.2) is 61.1 Å². The molecule has 8 heteroatoms. The predicted octanol–water partition coefficient (Wildman–Crippen LogP) is 2.01. The fourth-order valence-corrected chi connectivity index (χ4v) is 4.40. The normalized spacial score (nSPS) is 16.5. The van der Waals surface area contributed by atoms with Crippen molar-refractivity contribution in [2.24, 2.45) is 0 Å². The van der Waals surface area contributed by atoms with Crippen LogP contribution in [0.4, 0.5) is 0 Å². The number of fused-ring (bicyclic) bond motifs is 1. The number of H-pyrrole nitrogens is 1. The summed E-state index contributed by atoms with van der Waals surface area (Å²) in [5.41, 5.74) is 0.331. The molecule has 29 heavy (non-hydrogen) atoms. The maximum atomic E-state index is 12.6. The van der Waals surface area contributed by atoms with E-state index < -0.39 is 0 Å². The Bertz CT molecular complexity index is 933. The summed E-state index contributed by atoms with van der Waals surface area (Å²) in [6.45, 7) is 12.8. The van der Waals surface area contributed by atoms with Gasteiger partial charge in [0.1, 0.15) is 5.82 Å². The number of unbranched alkanes of at least 4 members (excludes halogenated alkanes) is 1. The summed E-state index contributed by atoms with van der Waals surface area (Å²) in [5, 5.41) is 0. The number of rotatable bonds is 8. The number of hydrogen-bond acceptors (Lipinski definition) is 5. The quantitative estimate of drug-likeness (QED) is 0.728. The van der Waals surface area contributed by atoms with Gasteiger partial charge >= 0.3 is 5.69 Å². The number of likely N-dealkylation sites (tertiary alicyclic amines) is 1. The van der Waals surface area contributed by atoms with E-state index >= 15 is 0 Å². The molecular weight excluding hydrogens is 368 g/mol. The van der Waals surface area contributed by atoms with E-state index in [1.165, 1.54) is 0 Å². The summed E-state index contributed by atoms with van der Waals surface area (Å²) in [6, 6.07) is 1.10. The van der Waals surface area contributed by atoms with Crippen molar-refractivity contribution in [3.05, 3.63) is 26.7 Å². The fraction of sp³-hybridized carbons (Fsp3) is 0.762. The molecule has 0 bridgehead atoms. The van der Waals surface area contributed by atoms with Gasteiger partial charge in [0.25, 0.3) is 5.56 Å². The molecule has 2 aromatic rings. The molecule has 0 aromatic carbocycles. The number of aromatic nitrogens is 4. The third-order valence-corrected chi connectivity index (χ3v) is 6.26. The molecular formula is C21H36N6O2. The summed E-state index contributed by atoms with van der Waals surface area (Å²) in [4.78, 5) is 37.1. The van der Waals surface area contributed by atoms with Crippen LogP contribution in [0.5, 0.6) is 0 Å². The molecule has 1 saturated heterocycles. The molecule has 8 nitrogen and oxygen atoms in total. The Labute approximate surface area is 172 Å². The van der Waals surface area contributed by atoms with Crippen molar-refractivity contribution in [2.75, 3.05) is 20.1 Å². The smallest absolute Gasteiger partial charge is 0.321 e. The predicted molar refractivity (Wildman–Crippen MR) is 116 cm³/mol. The van der Waals surface area contributed by atoms with Gasteiger partial charge in [-0.15, -0.1) is 0 Å². The van der Waals surface area contributed by atoms with E-state index in [1.54, 1.807) is 4.57 Å². The minimum Gasteiger partial charge on any atom is -0.321 e. The minimum absolute atomic E-state index is 0.341. The lowest BCUT2D eigenvalue weighted by Crippen LogP contribution is -2.45. The second-order valence-electron chi connectivity index (χ2n) is 8.48. The van der Waals surface area contributed by atoms with Crippen LogP contribution in [0.15, 0.2) is 9.59 Å². The van der Waals surface area contributed by atoms with Gasteiger partial charge in [-0.2, -0.15) is 0 Å². The molecule has 162 valence electrons. The zero-order valence-corrected chi connectivity index (χ0v) is 18.6. The van der Waals surface area contributed by atoms with E-state index in [2.05, 4.69) is 42.6 Å². The van der Waals surface area contributed by atoms with Gasteiger partial charge in [0, 0.05) is 25.2 Å². The standard InChI is InChI=1S/C21H36N6O2/c1-6-8-11-27-19-18(20(28)23-21(27)29)26(7-2)17(22-19)14-24(5)16-9-12-25(13-10-16)15(3)4/h15-16H,6-14H2,1-5H3,(H,23,28,29). The number of hydrogen-bond donors (Lipinski definition) is 1. The van der Waals surface area contributed by atoms with Gasteiger partial charge < -0.3 is 9.47 Å². The highest BCUT2D eigenvalue weighted by Crippen LogP contribution is 2.20. The Morgan fingerprint density at radius 3 is 2.45 bits per heavy atom. The molecule has 0 unspecified atom stereocenters. The molecule has 1 aliphatic heterocycles. The second-order valence-corrected chi connectivity index (χ2v) is 8.48. The van der Waals surface area contributed by atoms with Crippen LogP contribution >= 0.6 is 0 Å². The van der Waals surface area contributed by atoms with E-state index in [0.29, 0.717) is 42.9 Å².